The lowest BCUT2D eigenvalue weighted by Crippen LogP contribution is -2.37. The van der Waals surface area contributed by atoms with Crippen molar-refractivity contribution in [2.24, 2.45) is 5.73 Å². The van der Waals surface area contributed by atoms with Gasteiger partial charge in [-0.05, 0) is 19.8 Å². The topological polar surface area (TPSA) is 40.1 Å². The molecule has 0 amide bonds. The molecule has 1 radical (unpaired) electrons. The quantitative estimate of drug-likeness (QED) is 0.475. The molecule has 0 aromatic carbocycles. The molecule has 2 atom stereocenters. The average Bonchev–Trinajstić information content (AvgIpc) is 1.64. The van der Waals surface area contributed by atoms with Gasteiger partial charge in [0.05, 0.1) is 0 Å². The van der Waals surface area contributed by atoms with Crippen molar-refractivity contribution in [2.75, 3.05) is 6.54 Å². The fraction of sp³-hybridized carbons (Fsp3) is 1.00. The molecule has 1 saturated heterocycles. The predicted octanol–water partition coefficient (Wildman–Crippen LogP) is 0.100. The Balaban J connectivity index is 2.23. The van der Waals surface area contributed by atoms with Crippen LogP contribution in [0.4, 0.5) is 0 Å². The number of hydrogen-bond acceptors (Lipinski definition) is 1. The van der Waals surface area contributed by atoms with E-state index in [4.69, 9.17) is 5.73 Å². The van der Waals surface area contributed by atoms with Gasteiger partial charge in [-0.3, -0.25) is 0 Å². The number of nitrogens with zero attached hydrogens (tertiary/aromatic N) is 1. The van der Waals surface area contributed by atoms with E-state index in [0.717, 1.165) is 19.4 Å². The number of nitrogens with two attached hydrogens (primary N) is 1. The Hall–Kier alpha value is -0.0800. The van der Waals surface area contributed by atoms with Crippen LogP contribution in [0.5, 0.6) is 0 Å². The molecule has 8 heavy (non-hydrogen) atoms. The van der Waals surface area contributed by atoms with E-state index in [-0.39, 0.29) is 0 Å². The highest BCUT2D eigenvalue weighted by atomic mass is 14.9. The summed E-state index contributed by atoms with van der Waals surface area (Å²) in [6.07, 6.45) is 2.17. The summed E-state index contributed by atoms with van der Waals surface area (Å²) in [6.45, 7) is 3.10. The van der Waals surface area contributed by atoms with Gasteiger partial charge >= 0.3 is 0 Å². The molecule has 2 nitrogen and oxygen atoms in total. The second kappa shape index (κ2) is 2.46. The van der Waals surface area contributed by atoms with Crippen LogP contribution in [0.25, 0.3) is 0 Å². The summed E-state index contributed by atoms with van der Waals surface area (Å²) in [6, 6.07) is 0.932. The predicted molar refractivity (Wildman–Crippen MR) is 33.7 cm³/mol. The zero-order valence-electron chi connectivity index (χ0n) is 5.30. The van der Waals surface area contributed by atoms with Gasteiger partial charge in [0.2, 0.25) is 0 Å². The van der Waals surface area contributed by atoms with E-state index in [1.165, 1.54) is 0 Å². The molecule has 0 aromatic rings. The molecule has 2 heteroatoms. The maximum Gasteiger partial charge on any atom is 0.0232 e. The number of rotatable bonds is 0. The average molecular weight is 113 g/mol. The first-order chi connectivity index (χ1) is 3.79. The summed E-state index contributed by atoms with van der Waals surface area (Å²) in [7, 11) is 0. The molecule has 1 aliphatic heterocycles. The molecule has 0 aliphatic carbocycles. The van der Waals surface area contributed by atoms with Crippen LogP contribution in [0.3, 0.4) is 0 Å². The van der Waals surface area contributed by atoms with Crippen LogP contribution in [0, 0.1) is 0 Å². The largest absolute Gasteiger partial charge is 0.328 e. The van der Waals surface area contributed by atoms with Gasteiger partial charge in [0.1, 0.15) is 0 Å². The van der Waals surface area contributed by atoms with Gasteiger partial charge < -0.3 is 5.73 Å². The van der Waals surface area contributed by atoms with Crippen LogP contribution in [0.15, 0.2) is 0 Å². The van der Waals surface area contributed by atoms with E-state index < -0.39 is 0 Å². The fourth-order valence-electron chi connectivity index (χ4n) is 1.09. The van der Waals surface area contributed by atoms with Crippen LogP contribution in [-0.2, 0) is 0 Å². The Kier molecular flexibility index (Phi) is 1.86. The highest BCUT2D eigenvalue weighted by Crippen LogP contribution is 2.05. The summed E-state index contributed by atoms with van der Waals surface area (Å²) in [4.78, 5) is 0. The Morgan fingerprint density at radius 2 is 2.38 bits per heavy atom. The number of hydrogen-bond donors (Lipinski definition) is 1. The Morgan fingerprint density at radius 3 is 2.75 bits per heavy atom. The first kappa shape index (κ1) is 6.05. The lowest BCUT2D eigenvalue weighted by molar-refractivity contribution is 0.374. The van der Waals surface area contributed by atoms with Crippen molar-refractivity contribution in [1.82, 2.24) is 5.32 Å². The lowest BCUT2D eigenvalue weighted by Gasteiger charge is -2.22. The van der Waals surface area contributed by atoms with Crippen molar-refractivity contribution in [1.29, 1.82) is 0 Å². The Bertz CT molecular complexity index is 64.9. The molecule has 0 spiro atoms. The zero-order valence-corrected chi connectivity index (χ0v) is 5.30. The molecule has 1 aliphatic rings. The van der Waals surface area contributed by atoms with E-state index in [1.807, 2.05) is 0 Å². The molecule has 1 heterocycles. The molecular formula is C6H13N2. The standard InChI is InChI=1S/C6H13N2/c1-5-4-6(7)2-3-8-5/h5-6H,2-4,7H2,1H3. The van der Waals surface area contributed by atoms with E-state index >= 15 is 0 Å². The second-order valence-electron chi connectivity index (χ2n) is 2.54. The van der Waals surface area contributed by atoms with E-state index in [9.17, 15) is 0 Å². The molecule has 0 aromatic heterocycles. The minimum Gasteiger partial charge on any atom is -0.328 e. The Labute approximate surface area is 50.4 Å². The van der Waals surface area contributed by atoms with E-state index in [2.05, 4.69) is 12.2 Å². The van der Waals surface area contributed by atoms with Crippen LogP contribution in [-0.4, -0.2) is 18.6 Å². The van der Waals surface area contributed by atoms with Crippen molar-refractivity contribution in [3.63, 3.8) is 0 Å². The van der Waals surface area contributed by atoms with Gasteiger partial charge in [0.25, 0.3) is 0 Å². The third-order valence-corrected chi connectivity index (χ3v) is 1.58. The third-order valence-electron chi connectivity index (χ3n) is 1.58. The van der Waals surface area contributed by atoms with Gasteiger partial charge in [-0.2, -0.15) is 0 Å². The van der Waals surface area contributed by atoms with E-state index in [0.29, 0.717) is 12.1 Å². The first-order valence-corrected chi connectivity index (χ1v) is 3.21. The van der Waals surface area contributed by atoms with Crippen molar-refractivity contribution >= 4 is 0 Å². The van der Waals surface area contributed by atoms with E-state index in [1.54, 1.807) is 0 Å². The van der Waals surface area contributed by atoms with Crippen LogP contribution >= 0.6 is 0 Å². The zero-order chi connectivity index (χ0) is 5.98. The summed E-state index contributed by atoms with van der Waals surface area (Å²) in [5.41, 5.74) is 5.67. The summed E-state index contributed by atoms with van der Waals surface area (Å²) in [5, 5.41) is 4.30. The van der Waals surface area contributed by atoms with Crippen LogP contribution in [0.1, 0.15) is 19.8 Å². The first-order valence-electron chi connectivity index (χ1n) is 3.21. The van der Waals surface area contributed by atoms with Crippen molar-refractivity contribution in [2.45, 2.75) is 31.8 Å². The van der Waals surface area contributed by atoms with Crippen LogP contribution < -0.4 is 11.1 Å². The fourth-order valence-corrected chi connectivity index (χ4v) is 1.09. The smallest absolute Gasteiger partial charge is 0.0232 e. The lowest BCUT2D eigenvalue weighted by atomic mass is 10.0. The molecular weight excluding hydrogens is 100 g/mol. The van der Waals surface area contributed by atoms with Crippen molar-refractivity contribution < 1.29 is 0 Å². The maximum absolute atomic E-state index is 5.67. The number of piperidine rings is 1. The highest BCUT2D eigenvalue weighted by molar-refractivity contribution is 4.75. The maximum atomic E-state index is 5.67. The third kappa shape index (κ3) is 1.46. The summed E-state index contributed by atoms with van der Waals surface area (Å²) in [5.74, 6) is 0. The summed E-state index contributed by atoms with van der Waals surface area (Å²) >= 11 is 0. The highest BCUT2D eigenvalue weighted by Gasteiger charge is 2.14. The molecule has 1 fully saturated rings. The molecule has 0 saturated carbocycles. The van der Waals surface area contributed by atoms with Crippen molar-refractivity contribution in [3.05, 3.63) is 0 Å². The Morgan fingerprint density at radius 1 is 1.62 bits per heavy atom. The van der Waals surface area contributed by atoms with Gasteiger partial charge in [-0.25, -0.2) is 5.32 Å². The van der Waals surface area contributed by atoms with Gasteiger partial charge in [-0.1, -0.05) is 0 Å². The van der Waals surface area contributed by atoms with Gasteiger partial charge in [-0.15, -0.1) is 0 Å². The molecule has 2 N–H and O–H groups in total. The molecule has 1 rings (SSSR count). The minimum absolute atomic E-state index is 0.419. The SMILES string of the molecule is CC1CC(N)CC[N]1. The van der Waals surface area contributed by atoms with Gasteiger partial charge in [0.15, 0.2) is 0 Å². The molecule has 47 valence electrons. The molecule has 0 bridgehead atoms. The monoisotopic (exact) mass is 113 g/mol. The normalized spacial score (nSPS) is 39.8. The summed E-state index contributed by atoms with van der Waals surface area (Å²) < 4.78 is 0. The second-order valence-corrected chi connectivity index (χ2v) is 2.54. The van der Waals surface area contributed by atoms with Crippen molar-refractivity contribution in [3.8, 4) is 0 Å². The van der Waals surface area contributed by atoms with Crippen LogP contribution in [0.2, 0.25) is 0 Å². The van der Waals surface area contributed by atoms with Gasteiger partial charge in [0, 0.05) is 18.6 Å². The molecule has 2 unspecified atom stereocenters. The minimum atomic E-state index is 0.419.